The summed E-state index contributed by atoms with van der Waals surface area (Å²) in [6, 6.07) is 16.1. The van der Waals surface area contributed by atoms with Crippen molar-refractivity contribution in [2.45, 2.75) is 31.8 Å². The van der Waals surface area contributed by atoms with Crippen LogP contribution in [0, 0.1) is 0 Å². The van der Waals surface area contributed by atoms with Gasteiger partial charge in [0.2, 0.25) is 5.78 Å². The lowest BCUT2D eigenvalue weighted by Crippen LogP contribution is -2.40. The van der Waals surface area contributed by atoms with E-state index in [2.05, 4.69) is 15.3 Å². The number of amides is 2. The molecule has 8 nitrogen and oxygen atoms in total. The second kappa shape index (κ2) is 11.7. The van der Waals surface area contributed by atoms with Crippen LogP contribution in [0.15, 0.2) is 66.3 Å². The fourth-order valence-corrected chi connectivity index (χ4v) is 5.13. The number of carbonyl (C=O) groups is 3. The summed E-state index contributed by atoms with van der Waals surface area (Å²) in [7, 11) is 0. The lowest BCUT2D eigenvalue weighted by Gasteiger charge is -2.20. The lowest BCUT2D eigenvalue weighted by atomic mass is 10.0. The van der Waals surface area contributed by atoms with Gasteiger partial charge in [-0.05, 0) is 37.0 Å². The molecule has 0 spiro atoms. The van der Waals surface area contributed by atoms with Crippen LogP contribution in [0.5, 0.6) is 0 Å². The Balaban J connectivity index is 1.41. The van der Waals surface area contributed by atoms with E-state index >= 15 is 0 Å². The Kier molecular flexibility index (Phi) is 8.17. The highest BCUT2D eigenvalue weighted by molar-refractivity contribution is 7.20. The number of hydrogen-bond acceptors (Lipinski definition) is 7. The molecule has 0 aliphatic rings. The monoisotopic (exact) mass is 508 g/mol. The number of Topliss-reactive ketones (excluding diaryl/α,β-unsaturated/α-hetero) is 1. The highest BCUT2D eigenvalue weighted by Crippen LogP contribution is 2.24. The fraction of sp³-hybridized carbons (Fsp3) is 0.240. The Morgan fingerprint density at radius 2 is 1.80 bits per heavy atom. The molecule has 0 unspecified atom stereocenters. The van der Waals surface area contributed by atoms with Gasteiger partial charge in [0.1, 0.15) is 4.88 Å². The molecule has 0 bridgehead atoms. The molecule has 0 aliphatic heterocycles. The highest BCUT2D eigenvalue weighted by atomic mass is 32.1. The number of aromatic nitrogens is 2. The first-order chi connectivity index (χ1) is 17.0. The van der Waals surface area contributed by atoms with Gasteiger partial charge in [-0.1, -0.05) is 42.5 Å². The number of benzene rings is 2. The Bertz CT molecular complexity index is 1260. The number of nitrogens with one attached hydrogen (secondary N) is 1. The molecule has 0 radical (unpaired) electrons. The van der Waals surface area contributed by atoms with Crippen molar-refractivity contribution in [1.82, 2.24) is 20.2 Å². The van der Waals surface area contributed by atoms with Crippen molar-refractivity contribution in [3.05, 3.63) is 81.8 Å². The molecule has 4 rings (SSSR count). The average Bonchev–Trinajstić information content (AvgIpc) is 3.55. The normalized spacial score (nSPS) is 11.8. The molecule has 0 saturated heterocycles. The molecule has 1 atom stereocenters. The van der Waals surface area contributed by atoms with Gasteiger partial charge in [0.15, 0.2) is 5.01 Å². The third-order valence-corrected chi connectivity index (χ3v) is 7.26. The predicted molar refractivity (Wildman–Crippen MR) is 136 cm³/mol. The molecule has 2 heterocycles. The van der Waals surface area contributed by atoms with E-state index in [9.17, 15) is 19.5 Å². The number of carboxylic acid groups (broad SMARTS) is 1. The quantitative estimate of drug-likeness (QED) is 0.216. The Morgan fingerprint density at radius 3 is 2.51 bits per heavy atom. The number of hydrogen-bond donors (Lipinski definition) is 2. The lowest BCUT2D eigenvalue weighted by molar-refractivity contribution is 0.0852. The molecule has 2 N–H and O–H groups in total. The van der Waals surface area contributed by atoms with Crippen LogP contribution in [0.3, 0.4) is 0 Å². The van der Waals surface area contributed by atoms with E-state index in [0.717, 1.165) is 15.8 Å². The largest absolute Gasteiger partial charge is 0.465 e. The van der Waals surface area contributed by atoms with Gasteiger partial charge < -0.3 is 15.3 Å². The molecule has 4 aromatic rings. The zero-order chi connectivity index (χ0) is 24.6. The van der Waals surface area contributed by atoms with Gasteiger partial charge >= 0.3 is 6.09 Å². The van der Waals surface area contributed by atoms with Crippen LogP contribution in [-0.2, 0) is 6.54 Å². The Hall–Kier alpha value is -3.63. The molecule has 2 amide bonds. The predicted octanol–water partition coefficient (Wildman–Crippen LogP) is 5.08. The maximum absolute atomic E-state index is 13.3. The highest BCUT2D eigenvalue weighted by Gasteiger charge is 2.26. The first-order valence-corrected chi connectivity index (χ1v) is 12.8. The van der Waals surface area contributed by atoms with Crippen molar-refractivity contribution >= 4 is 50.7 Å². The number of ketones is 1. The third kappa shape index (κ3) is 6.49. The number of fused-ring (bicyclic) bond motifs is 1. The molecule has 0 saturated carbocycles. The summed E-state index contributed by atoms with van der Waals surface area (Å²) in [4.78, 5) is 47.8. The number of para-hydroxylation sites is 1. The van der Waals surface area contributed by atoms with E-state index in [4.69, 9.17) is 0 Å². The Labute approximate surface area is 210 Å². The SMILES string of the molecule is O=C(N[C@@H](CCCCN(Cc1ccccc1)C(=O)O)C(=O)c1nc2ccccc2s1)c1cncs1. The van der Waals surface area contributed by atoms with E-state index in [-0.39, 0.29) is 11.7 Å². The average molecular weight is 509 g/mol. The van der Waals surface area contributed by atoms with Crippen molar-refractivity contribution in [3.63, 3.8) is 0 Å². The summed E-state index contributed by atoms with van der Waals surface area (Å²) >= 11 is 2.50. The van der Waals surface area contributed by atoms with Crippen LogP contribution in [0.4, 0.5) is 4.79 Å². The number of nitrogens with zero attached hydrogens (tertiary/aromatic N) is 3. The summed E-state index contributed by atoms with van der Waals surface area (Å²) in [5.41, 5.74) is 3.22. The summed E-state index contributed by atoms with van der Waals surface area (Å²) < 4.78 is 0.904. The van der Waals surface area contributed by atoms with E-state index in [0.29, 0.717) is 42.2 Å². The van der Waals surface area contributed by atoms with Crippen molar-refractivity contribution < 1.29 is 19.5 Å². The molecule has 2 aromatic carbocycles. The van der Waals surface area contributed by atoms with Crippen LogP contribution in [0.1, 0.15) is 44.3 Å². The van der Waals surface area contributed by atoms with Crippen LogP contribution >= 0.6 is 22.7 Å². The maximum Gasteiger partial charge on any atom is 0.407 e. The van der Waals surface area contributed by atoms with Gasteiger partial charge in [0.05, 0.1) is 28.0 Å². The van der Waals surface area contributed by atoms with E-state index < -0.39 is 12.1 Å². The van der Waals surface area contributed by atoms with Crippen LogP contribution < -0.4 is 5.32 Å². The van der Waals surface area contributed by atoms with Crippen molar-refractivity contribution in [2.75, 3.05) is 6.54 Å². The van der Waals surface area contributed by atoms with E-state index in [1.807, 2.05) is 54.6 Å². The van der Waals surface area contributed by atoms with E-state index in [1.54, 1.807) is 5.51 Å². The smallest absolute Gasteiger partial charge is 0.407 e. The minimum atomic E-state index is -0.991. The van der Waals surface area contributed by atoms with Gasteiger partial charge in [-0.25, -0.2) is 9.78 Å². The third-order valence-electron chi connectivity index (χ3n) is 5.44. The zero-order valence-electron chi connectivity index (χ0n) is 18.8. The summed E-state index contributed by atoms with van der Waals surface area (Å²) in [5, 5.41) is 12.8. The summed E-state index contributed by atoms with van der Waals surface area (Å²) in [5.74, 6) is -0.605. The van der Waals surface area contributed by atoms with Gasteiger partial charge in [-0.3, -0.25) is 14.6 Å². The molecular weight excluding hydrogens is 484 g/mol. The van der Waals surface area contributed by atoms with Crippen molar-refractivity contribution in [1.29, 1.82) is 0 Å². The fourth-order valence-electron chi connectivity index (χ4n) is 3.65. The zero-order valence-corrected chi connectivity index (χ0v) is 20.4. The number of thiazole rings is 2. The standard InChI is InChI=1S/C25H24N4O4S2/c30-22(24-28-18-10-4-5-12-20(18)35-24)19(27-23(31)21-14-26-16-34-21)11-6-7-13-29(25(32)33)15-17-8-2-1-3-9-17/h1-5,8-10,12,14,16,19H,6-7,11,13,15H2,(H,27,31)(H,32,33)/t19-/m0/s1. The van der Waals surface area contributed by atoms with Gasteiger partial charge in [0.25, 0.3) is 5.91 Å². The number of unbranched alkanes of at least 4 members (excludes halogenated alkanes) is 1. The molecular formula is C25H24N4O4S2. The summed E-state index contributed by atoms with van der Waals surface area (Å²) in [6.45, 7) is 0.626. The van der Waals surface area contributed by atoms with Crippen LogP contribution in [0.2, 0.25) is 0 Å². The van der Waals surface area contributed by atoms with E-state index in [1.165, 1.54) is 33.8 Å². The molecule has 0 aliphatic carbocycles. The molecule has 2 aromatic heterocycles. The van der Waals surface area contributed by atoms with Crippen molar-refractivity contribution in [2.24, 2.45) is 0 Å². The second-order valence-corrected chi connectivity index (χ2v) is 9.85. The first kappa shape index (κ1) is 24.5. The minimum absolute atomic E-state index is 0.247. The van der Waals surface area contributed by atoms with Crippen LogP contribution in [0.25, 0.3) is 10.2 Å². The molecule has 180 valence electrons. The number of carbonyl (C=O) groups excluding carboxylic acids is 2. The van der Waals surface area contributed by atoms with Crippen LogP contribution in [-0.4, -0.2) is 50.3 Å². The van der Waals surface area contributed by atoms with Gasteiger partial charge in [0, 0.05) is 13.1 Å². The maximum atomic E-state index is 13.3. The summed E-state index contributed by atoms with van der Waals surface area (Å²) in [6.07, 6.45) is 1.96. The topological polar surface area (TPSA) is 112 Å². The van der Waals surface area contributed by atoms with Crippen molar-refractivity contribution in [3.8, 4) is 0 Å². The number of rotatable bonds is 11. The molecule has 10 heteroatoms. The van der Waals surface area contributed by atoms with Gasteiger partial charge in [-0.15, -0.1) is 22.7 Å². The second-order valence-electron chi connectivity index (χ2n) is 7.93. The first-order valence-electron chi connectivity index (χ1n) is 11.1. The van der Waals surface area contributed by atoms with Gasteiger partial charge in [-0.2, -0.15) is 0 Å². The Morgan fingerprint density at radius 1 is 1.03 bits per heavy atom. The molecule has 0 fully saturated rings. The minimum Gasteiger partial charge on any atom is -0.465 e. The molecule has 35 heavy (non-hydrogen) atoms.